The lowest BCUT2D eigenvalue weighted by Gasteiger charge is -2.24. The van der Waals surface area contributed by atoms with Crippen LogP contribution in [-0.2, 0) is 11.8 Å². The summed E-state index contributed by atoms with van der Waals surface area (Å²) < 4.78 is 8.82. The minimum atomic E-state index is -0.164. The Labute approximate surface area is 252 Å². The van der Waals surface area contributed by atoms with Gasteiger partial charge in [-0.3, -0.25) is 0 Å². The van der Waals surface area contributed by atoms with E-state index in [9.17, 15) is 0 Å². The van der Waals surface area contributed by atoms with Crippen molar-refractivity contribution in [2.45, 2.75) is 45.4 Å². The molecule has 210 valence electrons. The van der Waals surface area contributed by atoms with Crippen LogP contribution in [0.25, 0.3) is 55.7 Å². The predicted octanol–water partition coefficient (Wildman–Crippen LogP) is 11.2. The zero-order valence-electron chi connectivity index (χ0n) is 25.2. The maximum atomic E-state index is 6.30. The molecule has 2 aliphatic carbocycles. The molecule has 7 aromatic rings. The molecule has 0 fully saturated rings. The third-order valence-electron chi connectivity index (χ3n) is 9.55. The van der Waals surface area contributed by atoms with Gasteiger partial charge in [0.2, 0.25) is 0 Å². The predicted molar refractivity (Wildman–Crippen MR) is 181 cm³/mol. The van der Waals surface area contributed by atoms with Crippen molar-refractivity contribution in [2.24, 2.45) is 0 Å². The van der Waals surface area contributed by atoms with Gasteiger partial charge in [-0.15, -0.1) is 0 Å². The lowest BCUT2D eigenvalue weighted by molar-refractivity contribution is 0.656. The second kappa shape index (κ2) is 9.61. The molecule has 0 saturated heterocycles. The first kappa shape index (κ1) is 25.9. The van der Waals surface area contributed by atoms with Gasteiger partial charge in [-0.25, -0.2) is 0 Å². The van der Waals surface area contributed by atoms with Gasteiger partial charge < -0.3 is 8.98 Å². The van der Waals surface area contributed by atoms with Crippen molar-refractivity contribution in [1.29, 1.82) is 0 Å². The number of aromatic nitrogens is 1. The summed E-state index contributed by atoms with van der Waals surface area (Å²) in [5.41, 5.74) is 13.8. The Morgan fingerprint density at radius 1 is 0.721 bits per heavy atom. The summed E-state index contributed by atoms with van der Waals surface area (Å²) in [6, 6.07) is 39.7. The molecule has 2 heterocycles. The molecular weight excluding hydrogens is 522 g/mol. The normalized spacial score (nSPS) is 16.1. The number of benzene rings is 5. The summed E-state index contributed by atoms with van der Waals surface area (Å²) in [4.78, 5) is 0. The average molecular weight is 558 g/mol. The van der Waals surface area contributed by atoms with Crippen molar-refractivity contribution in [3.8, 4) is 16.8 Å². The molecule has 43 heavy (non-hydrogen) atoms. The van der Waals surface area contributed by atoms with E-state index in [1.165, 1.54) is 66.4 Å². The minimum absolute atomic E-state index is 0.164. The second-order valence-corrected chi connectivity index (χ2v) is 12.1. The van der Waals surface area contributed by atoms with Crippen LogP contribution in [0.2, 0.25) is 0 Å². The number of para-hydroxylation sites is 2. The molecule has 2 nitrogen and oxygen atoms in total. The van der Waals surface area contributed by atoms with Crippen molar-refractivity contribution >= 4 is 38.9 Å². The quantitative estimate of drug-likeness (QED) is 0.207. The number of allylic oxidation sites excluding steroid dienone is 1. The Hall–Kier alpha value is -4.82. The van der Waals surface area contributed by atoms with Gasteiger partial charge in [0.05, 0.1) is 5.52 Å². The lowest BCUT2D eigenvalue weighted by atomic mass is 9.80. The summed E-state index contributed by atoms with van der Waals surface area (Å²) >= 11 is 0. The molecule has 1 unspecified atom stereocenters. The van der Waals surface area contributed by atoms with Gasteiger partial charge in [0, 0.05) is 44.4 Å². The number of nitrogens with zero attached hydrogens (tertiary/aromatic N) is 1. The van der Waals surface area contributed by atoms with Crippen molar-refractivity contribution in [1.82, 2.24) is 4.57 Å². The first-order valence-electron chi connectivity index (χ1n) is 15.5. The highest BCUT2D eigenvalue weighted by molar-refractivity contribution is 6.11. The zero-order chi connectivity index (χ0) is 29.3. The molecule has 0 amide bonds. The standard InChI is InChI=1S/C39H29NO.C2H6/c1-39(2)32-23-26(17-19-27(32)30-20-21-36-37(38(30)39)31-13-7-9-15-35(31)41-36)40-33-14-8-6-12-28(33)29-18-16-25(22-34(29)40)24-10-4-3-5-11-24;1-2/h3-21,23,25H,22H2,1-2H3;1-2H3. The van der Waals surface area contributed by atoms with Crippen LogP contribution in [0.4, 0.5) is 0 Å². The molecule has 0 bridgehead atoms. The van der Waals surface area contributed by atoms with Crippen molar-refractivity contribution < 1.29 is 4.42 Å². The van der Waals surface area contributed by atoms with Gasteiger partial charge >= 0.3 is 0 Å². The molecule has 9 rings (SSSR count). The van der Waals surface area contributed by atoms with E-state index in [4.69, 9.17) is 4.42 Å². The maximum Gasteiger partial charge on any atom is 0.135 e. The van der Waals surface area contributed by atoms with Gasteiger partial charge in [-0.1, -0.05) is 119 Å². The zero-order valence-corrected chi connectivity index (χ0v) is 25.2. The number of fused-ring (bicyclic) bond motifs is 10. The number of hydrogen-bond donors (Lipinski definition) is 0. The topological polar surface area (TPSA) is 18.1 Å². The Morgan fingerprint density at radius 2 is 1.44 bits per heavy atom. The van der Waals surface area contributed by atoms with E-state index in [0.717, 1.165) is 17.6 Å². The Kier molecular flexibility index (Phi) is 5.78. The maximum absolute atomic E-state index is 6.30. The van der Waals surface area contributed by atoms with E-state index in [1.54, 1.807) is 0 Å². The molecule has 0 radical (unpaired) electrons. The van der Waals surface area contributed by atoms with Crippen LogP contribution in [-0.4, -0.2) is 4.57 Å². The highest BCUT2D eigenvalue weighted by atomic mass is 16.3. The Balaban J connectivity index is 0.00000136. The van der Waals surface area contributed by atoms with Crippen LogP contribution in [0.5, 0.6) is 0 Å². The van der Waals surface area contributed by atoms with Crippen LogP contribution in [0.15, 0.2) is 120 Å². The number of rotatable bonds is 2. The Morgan fingerprint density at radius 3 is 2.28 bits per heavy atom. The fraction of sp³-hybridized carbons (Fsp3) is 0.171. The van der Waals surface area contributed by atoms with E-state index in [0.29, 0.717) is 5.92 Å². The molecule has 2 aromatic heterocycles. The molecule has 1 atom stereocenters. The first-order valence-corrected chi connectivity index (χ1v) is 15.5. The summed E-state index contributed by atoms with van der Waals surface area (Å²) in [6.07, 6.45) is 5.72. The van der Waals surface area contributed by atoms with E-state index >= 15 is 0 Å². The SMILES string of the molecule is CC.CC1(C)c2cc(-n3c4c(c5ccccc53)C=CC(c3ccccc3)C4)ccc2-c2ccc3oc4ccccc4c3c21. The first-order chi connectivity index (χ1) is 21.1. The van der Waals surface area contributed by atoms with E-state index < -0.39 is 0 Å². The molecule has 0 aliphatic heterocycles. The molecule has 2 aliphatic rings. The van der Waals surface area contributed by atoms with Crippen LogP contribution in [0.3, 0.4) is 0 Å². The third kappa shape index (κ3) is 3.66. The summed E-state index contributed by atoms with van der Waals surface area (Å²) in [5, 5.41) is 3.77. The minimum Gasteiger partial charge on any atom is -0.456 e. The van der Waals surface area contributed by atoms with Crippen LogP contribution in [0.1, 0.15) is 61.6 Å². The average Bonchev–Trinajstić information content (AvgIpc) is 3.67. The lowest BCUT2D eigenvalue weighted by Crippen LogP contribution is -2.16. The van der Waals surface area contributed by atoms with Gasteiger partial charge in [0.15, 0.2) is 0 Å². The highest BCUT2D eigenvalue weighted by Gasteiger charge is 2.38. The van der Waals surface area contributed by atoms with Crippen molar-refractivity contribution in [3.63, 3.8) is 0 Å². The molecule has 0 spiro atoms. The summed E-state index contributed by atoms with van der Waals surface area (Å²) in [7, 11) is 0. The number of furan rings is 1. The van der Waals surface area contributed by atoms with Crippen LogP contribution in [0, 0.1) is 0 Å². The Bertz CT molecular complexity index is 2210. The van der Waals surface area contributed by atoms with Gasteiger partial charge in [0.1, 0.15) is 11.2 Å². The van der Waals surface area contributed by atoms with Crippen molar-refractivity contribution in [2.75, 3.05) is 0 Å². The summed E-state index contributed by atoms with van der Waals surface area (Å²) in [6.45, 7) is 8.75. The molecule has 2 heteroatoms. The van der Waals surface area contributed by atoms with Gasteiger partial charge in [0.25, 0.3) is 0 Å². The van der Waals surface area contributed by atoms with Gasteiger partial charge in [-0.05, 0) is 64.6 Å². The largest absolute Gasteiger partial charge is 0.456 e. The molecule has 5 aromatic carbocycles. The van der Waals surface area contributed by atoms with Crippen molar-refractivity contribution in [3.05, 3.63) is 143 Å². The van der Waals surface area contributed by atoms with Crippen LogP contribution >= 0.6 is 0 Å². The smallest absolute Gasteiger partial charge is 0.135 e. The molecule has 0 N–H and O–H groups in total. The fourth-order valence-corrected chi connectivity index (χ4v) is 7.67. The summed E-state index contributed by atoms with van der Waals surface area (Å²) in [5.74, 6) is 0.365. The molecular formula is C41H35NO. The fourth-order valence-electron chi connectivity index (χ4n) is 7.67. The van der Waals surface area contributed by atoms with Gasteiger partial charge in [-0.2, -0.15) is 0 Å². The number of hydrogen-bond acceptors (Lipinski definition) is 1. The second-order valence-electron chi connectivity index (χ2n) is 12.1. The van der Waals surface area contributed by atoms with E-state index in [-0.39, 0.29) is 5.41 Å². The monoisotopic (exact) mass is 557 g/mol. The van der Waals surface area contributed by atoms with E-state index in [1.807, 2.05) is 13.8 Å². The molecule has 0 saturated carbocycles. The highest BCUT2D eigenvalue weighted by Crippen LogP contribution is 2.53. The van der Waals surface area contributed by atoms with E-state index in [2.05, 4.69) is 140 Å². The van der Waals surface area contributed by atoms with Crippen LogP contribution < -0.4 is 0 Å². The third-order valence-corrected chi connectivity index (χ3v) is 9.55.